The van der Waals surface area contributed by atoms with E-state index in [0.29, 0.717) is 43.4 Å². The van der Waals surface area contributed by atoms with Crippen molar-refractivity contribution in [2.75, 3.05) is 43.2 Å². The molecule has 1 saturated heterocycles. The molecule has 1 fully saturated rings. The Hall–Kier alpha value is -3.75. The minimum Gasteiger partial charge on any atom is -0.454 e. The van der Waals surface area contributed by atoms with Gasteiger partial charge in [0.2, 0.25) is 6.79 Å². The molecule has 3 aromatic rings. The average molecular weight is 392 g/mol. The topological polar surface area (TPSA) is 84.8 Å². The summed E-state index contributed by atoms with van der Waals surface area (Å²) in [6.07, 6.45) is 3.86. The quantitative estimate of drug-likeness (QED) is 0.737. The molecule has 148 valence electrons. The van der Waals surface area contributed by atoms with Crippen LogP contribution in [0.2, 0.25) is 0 Å². The van der Waals surface area contributed by atoms with Gasteiger partial charge in [0.1, 0.15) is 0 Å². The highest BCUT2D eigenvalue weighted by Crippen LogP contribution is 2.34. The monoisotopic (exact) mass is 392 g/mol. The van der Waals surface area contributed by atoms with Crippen LogP contribution in [-0.2, 0) is 0 Å². The highest BCUT2D eigenvalue weighted by molar-refractivity contribution is 5.90. The van der Waals surface area contributed by atoms with Crippen molar-refractivity contribution < 1.29 is 14.3 Å². The molecule has 9 heteroatoms. The minimum atomic E-state index is -0.127. The molecule has 0 spiro atoms. The molecule has 0 bridgehead atoms. The molecule has 0 saturated carbocycles. The van der Waals surface area contributed by atoms with Gasteiger partial charge < -0.3 is 29.2 Å². The minimum absolute atomic E-state index is 0.127. The Morgan fingerprint density at radius 2 is 1.62 bits per heavy atom. The molecule has 2 amide bonds. The van der Waals surface area contributed by atoms with Crippen LogP contribution in [0.15, 0.2) is 54.9 Å². The zero-order valence-corrected chi connectivity index (χ0v) is 15.7. The van der Waals surface area contributed by atoms with E-state index in [1.54, 1.807) is 17.0 Å². The SMILES string of the molecule is O=C(Nc1ccc2c(c1)OCO2)N1CCN(c2ccc(-n3cccc3)nn2)CC1. The van der Waals surface area contributed by atoms with Crippen molar-refractivity contribution in [2.24, 2.45) is 0 Å². The molecule has 4 heterocycles. The first-order valence-corrected chi connectivity index (χ1v) is 9.44. The van der Waals surface area contributed by atoms with Crippen LogP contribution in [0, 0.1) is 0 Å². The summed E-state index contributed by atoms with van der Waals surface area (Å²) in [5, 5.41) is 11.6. The van der Waals surface area contributed by atoms with Gasteiger partial charge in [-0.15, -0.1) is 10.2 Å². The number of urea groups is 1. The van der Waals surface area contributed by atoms with E-state index in [9.17, 15) is 4.79 Å². The molecule has 1 aromatic carbocycles. The molecular weight excluding hydrogens is 372 g/mol. The fourth-order valence-electron chi connectivity index (χ4n) is 3.43. The van der Waals surface area contributed by atoms with Crippen molar-refractivity contribution in [3.8, 4) is 17.3 Å². The van der Waals surface area contributed by atoms with Gasteiger partial charge in [0.25, 0.3) is 0 Å². The number of hydrogen-bond acceptors (Lipinski definition) is 6. The fraction of sp³-hybridized carbons (Fsp3) is 0.250. The third-order valence-corrected chi connectivity index (χ3v) is 5.02. The number of benzene rings is 1. The molecule has 2 aromatic heterocycles. The molecule has 2 aliphatic heterocycles. The summed E-state index contributed by atoms with van der Waals surface area (Å²) in [5.74, 6) is 2.94. The van der Waals surface area contributed by atoms with E-state index in [2.05, 4.69) is 20.4 Å². The first-order valence-electron chi connectivity index (χ1n) is 9.44. The molecule has 5 rings (SSSR count). The zero-order valence-electron chi connectivity index (χ0n) is 15.7. The standard InChI is InChI=1S/C20H20N6O3/c27-20(21-15-3-4-16-17(13-15)29-14-28-16)26-11-9-25(10-12-26)19-6-5-18(22-23-19)24-7-1-2-8-24/h1-8,13H,9-12,14H2,(H,21,27). The van der Waals surface area contributed by atoms with E-state index in [-0.39, 0.29) is 12.8 Å². The normalized spacial score (nSPS) is 15.4. The van der Waals surface area contributed by atoms with Crippen LogP contribution in [0.5, 0.6) is 11.5 Å². The summed E-state index contributed by atoms with van der Waals surface area (Å²) in [6.45, 7) is 2.83. The molecule has 0 aliphatic carbocycles. The third-order valence-electron chi connectivity index (χ3n) is 5.02. The van der Waals surface area contributed by atoms with E-state index in [1.807, 2.05) is 47.3 Å². The lowest BCUT2D eigenvalue weighted by atomic mass is 10.2. The first-order chi connectivity index (χ1) is 14.3. The van der Waals surface area contributed by atoms with Gasteiger partial charge in [0, 0.05) is 50.3 Å². The fourth-order valence-corrected chi connectivity index (χ4v) is 3.43. The number of nitrogens with one attached hydrogen (secondary N) is 1. The van der Waals surface area contributed by atoms with Crippen molar-refractivity contribution >= 4 is 17.5 Å². The number of fused-ring (bicyclic) bond motifs is 1. The smallest absolute Gasteiger partial charge is 0.321 e. The molecule has 9 nitrogen and oxygen atoms in total. The number of piperazine rings is 1. The number of rotatable bonds is 3. The predicted octanol–water partition coefficient (Wildman–Crippen LogP) is 2.35. The maximum absolute atomic E-state index is 12.6. The van der Waals surface area contributed by atoms with E-state index in [0.717, 1.165) is 11.6 Å². The van der Waals surface area contributed by atoms with Crippen LogP contribution in [-0.4, -0.2) is 58.7 Å². The molecular formula is C20H20N6O3. The summed E-state index contributed by atoms with van der Waals surface area (Å²) >= 11 is 0. The van der Waals surface area contributed by atoms with Crippen LogP contribution in [0.4, 0.5) is 16.3 Å². The number of amides is 2. The average Bonchev–Trinajstić information content (AvgIpc) is 3.46. The number of hydrogen-bond donors (Lipinski definition) is 1. The van der Waals surface area contributed by atoms with Crippen LogP contribution in [0.25, 0.3) is 5.82 Å². The second-order valence-corrected chi connectivity index (χ2v) is 6.81. The Morgan fingerprint density at radius 3 is 2.38 bits per heavy atom. The zero-order chi connectivity index (χ0) is 19.6. The Morgan fingerprint density at radius 1 is 0.897 bits per heavy atom. The molecule has 0 unspecified atom stereocenters. The van der Waals surface area contributed by atoms with Gasteiger partial charge in [-0.3, -0.25) is 0 Å². The van der Waals surface area contributed by atoms with E-state index in [1.165, 1.54) is 0 Å². The van der Waals surface area contributed by atoms with Crippen molar-refractivity contribution in [3.63, 3.8) is 0 Å². The number of anilines is 2. The maximum Gasteiger partial charge on any atom is 0.321 e. The number of nitrogens with zero attached hydrogens (tertiary/aromatic N) is 5. The van der Waals surface area contributed by atoms with Gasteiger partial charge in [-0.1, -0.05) is 0 Å². The van der Waals surface area contributed by atoms with Crippen molar-refractivity contribution in [2.45, 2.75) is 0 Å². The van der Waals surface area contributed by atoms with Gasteiger partial charge in [-0.2, -0.15) is 0 Å². The van der Waals surface area contributed by atoms with Gasteiger partial charge >= 0.3 is 6.03 Å². The summed E-state index contributed by atoms with van der Waals surface area (Å²) in [7, 11) is 0. The Kier molecular flexibility index (Phi) is 4.39. The number of ether oxygens (including phenoxy) is 2. The number of carbonyl (C=O) groups excluding carboxylic acids is 1. The lowest BCUT2D eigenvalue weighted by molar-refractivity contribution is 0.174. The summed E-state index contributed by atoms with van der Waals surface area (Å²) in [5.41, 5.74) is 0.688. The Labute approximate surface area is 167 Å². The third kappa shape index (κ3) is 3.54. The second-order valence-electron chi connectivity index (χ2n) is 6.81. The number of carbonyl (C=O) groups is 1. The molecule has 2 aliphatic rings. The van der Waals surface area contributed by atoms with Crippen LogP contribution >= 0.6 is 0 Å². The largest absolute Gasteiger partial charge is 0.454 e. The van der Waals surface area contributed by atoms with Crippen molar-refractivity contribution in [1.29, 1.82) is 0 Å². The lowest BCUT2D eigenvalue weighted by Crippen LogP contribution is -2.50. The lowest BCUT2D eigenvalue weighted by Gasteiger charge is -2.35. The maximum atomic E-state index is 12.6. The second kappa shape index (κ2) is 7.34. The molecule has 1 N–H and O–H groups in total. The summed E-state index contributed by atoms with van der Waals surface area (Å²) in [4.78, 5) is 16.5. The van der Waals surface area contributed by atoms with Gasteiger partial charge in [-0.25, -0.2) is 4.79 Å². The van der Waals surface area contributed by atoms with Crippen LogP contribution in [0.3, 0.4) is 0 Å². The van der Waals surface area contributed by atoms with E-state index in [4.69, 9.17) is 9.47 Å². The van der Waals surface area contributed by atoms with Crippen LogP contribution < -0.4 is 19.7 Å². The van der Waals surface area contributed by atoms with Crippen LogP contribution in [0.1, 0.15) is 0 Å². The predicted molar refractivity (Wildman–Crippen MR) is 107 cm³/mol. The highest BCUT2D eigenvalue weighted by Gasteiger charge is 2.23. The van der Waals surface area contributed by atoms with Gasteiger partial charge in [0.15, 0.2) is 23.1 Å². The Balaban J connectivity index is 1.17. The summed E-state index contributed by atoms with van der Waals surface area (Å²) in [6, 6.07) is 13.1. The molecule has 0 radical (unpaired) electrons. The van der Waals surface area contributed by atoms with E-state index >= 15 is 0 Å². The summed E-state index contributed by atoms with van der Waals surface area (Å²) < 4.78 is 12.6. The highest BCUT2D eigenvalue weighted by atomic mass is 16.7. The van der Waals surface area contributed by atoms with Gasteiger partial charge in [-0.05, 0) is 36.4 Å². The first kappa shape index (κ1) is 17.4. The van der Waals surface area contributed by atoms with Crippen molar-refractivity contribution in [1.82, 2.24) is 19.7 Å². The Bertz CT molecular complexity index is 998. The van der Waals surface area contributed by atoms with E-state index < -0.39 is 0 Å². The molecule has 0 atom stereocenters. The molecule has 29 heavy (non-hydrogen) atoms. The number of aromatic nitrogens is 3. The van der Waals surface area contributed by atoms with Crippen molar-refractivity contribution in [3.05, 3.63) is 54.9 Å². The van der Waals surface area contributed by atoms with Gasteiger partial charge in [0.05, 0.1) is 0 Å².